The Morgan fingerprint density at radius 1 is 0.900 bits per heavy atom. The van der Waals surface area contributed by atoms with Gasteiger partial charge in [0, 0.05) is 0 Å². The topological polar surface area (TPSA) is 35.2 Å². The van der Waals surface area contributed by atoms with Crippen LogP contribution in [-0.2, 0) is 0 Å². The fraction of sp³-hybridized carbons (Fsp3) is 0.111. The molecule has 0 aliphatic rings. The third-order valence-corrected chi connectivity index (χ3v) is 3.68. The zero-order valence-corrected chi connectivity index (χ0v) is 11.7. The minimum Gasteiger partial charge on any atom is -0.495 e. The summed E-state index contributed by atoms with van der Waals surface area (Å²) in [5.41, 5.74) is 10.3. The summed E-state index contributed by atoms with van der Waals surface area (Å²) >= 11 is 0. The van der Waals surface area contributed by atoms with Gasteiger partial charge in [0.1, 0.15) is 5.75 Å². The Balaban J connectivity index is 2.25. The van der Waals surface area contributed by atoms with Crippen molar-refractivity contribution >= 4 is 16.5 Å². The summed E-state index contributed by atoms with van der Waals surface area (Å²) in [4.78, 5) is 0. The molecule has 0 amide bonds. The highest BCUT2D eigenvalue weighted by molar-refractivity contribution is 5.98. The molecule has 2 nitrogen and oxygen atoms in total. The first-order valence-electron chi connectivity index (χ1n) is 6.63. The molecule has 100 valence electrons. The third-order valence-electron chi connectivity index (χ3n) is 3.68. The molecular formula is C18H17NO. The Labute approximate surface area is 118 Å². The lowest BCUT2D eigenvalue weighted by Crippen LogP contribution is -1.93. The number of hydrogen-bond donors (Lipinski definition) is 1. The van der Waals surface area contributed by atoms with Crippen LogP contribution in [0.15, 0.2) is 54.6 Å². The van der Waals surface area contributed by atoms with Crippen LogP contribution < -0.4 is 10.5 Å². The van der Waals surface area contributed by atoms with Gasteiger partial charge in [-0.2, -0.15) is 0 Å². The van der Waals surface area contributed by atoms with Crippen LogP contribution in [0.3, 0.4) is 0 Å². The second kappa shape index (κ2) is 4.89. The zero-order valence-electron chi connectivity index (χ0n) is 11.7. The third kappa shape index (κ3) is 1.99. The Hall–Kier alpha value is -2.48. The van der Waals surface area contributed by atoms with Crippen LogP contribution in [0.2, 0.25) is 0 Å². The average molecular weight is 263 g/mol. The number of methoxy groups -OCH3 is 1. The highest BCUT2D eigenvalue weighted by Crippen LogP contribution is 2.33. The molecule has 3 aromatic carbocycles. The lowest BCUT2D eigenvalue weighted by Gasteiger charge is -2.11. The number of anilines is 1. The van der Waals surface area contributed by atoms with Gasteiger partial charge >= 0.3 is 0 Å². The SMILES string of the molecule is COc1ccc(-c2ccc(C)c3ccccc23)cc1N. The number of hydrogen-bond acceptors (Lipinski definition) is 2. The van der Waals surface area contributed by atoms with Gasteiger partial charge in [-0.1, -0.05) is 42.5 Å². The molecule has 2 heteroatoms. The van der Waals surface area contributed by atoms with Crippen LogP contribution in [0.1, 0.15) is 5.56 Å². The van der Waals surface area contributed by atoms with Crippen molar-refractivity contribution in [2.45, 2.75) is 6.92 Å². The molecular weight excluding hydrogens is 246 g/mol. The molecule has 0 spiro atoms. The maximum Gasteiger partial charge on any atom is 0.141 e. The maximum absolute atomic E-state index is 6.02. The monoisotopic (exact) mass is 263 g/mol. The van der Waals surface area contributed by atoms with E-state index >= 15 is 0 Å². The highest BCUT2D eigenvalue weighted by atomic mass is 16.5. The van der Waals surface area contributed by atoms with Gasteiger partial charge in [0.2, 0.25) is 0 Å². The summed E-state index contributed by atoms with van der Waals surface area (Å²) in [6.07, 6.45) is 0. The molecule has 0 heterocycles. The molecule has 0 atom stereocenters. The number of aryl methyl sites for hydroxylation is 1. The summed E-state index contributed by atoms with van der Waals surface area (Å²) in [5, 5.41) is 2.52. The number of nitrogens with two attached hydrogens (primary N) is 1. The molecule has 0 aromatic heterocycles. The Morgan fingerprint density at radius 3 is 2.35 bits per heavy atom. The largest absolute Gasteiger partial charge is 0.495 e. The smallest absolute Gasteiger partial charge is 0.141 e. The van der Waals surface area contributed by atoms with E-state index < -0.39 is 0 Å². The van der Waals surface area contributed by atoms with Crippen molar-refractivity contribution in [2.75, 3.05) is 12.8 Å². The van der Waals surface area contributed by atoms with Crippen molar-refractivity contribution in [3.63, 3.8) is 0 Å². The molecule has 3 rings (SSSR count). The van der Waals surface area contributed by atoms with Crippen molar-refractivity contribution in [1.82, 2.24) is 0 Å². The zero-order chi connectivity index (χ0) is 14.1. The number of nitrogen functional groups attached to an aromatic ring is 1. The van der Waals surface area contributed by atoms with Crippen LogP contribution in [0.25, 0.3) is 21.9 Å². The Kier molecular flexibility index (Phi) is 3.07. The lowest BCUT2D eigenvalue weighted by molar-refractivity contribution is 0.417. The molecule has 3 aromatic rings. The van der Waals surface area contributed by atoms with Crippen LogP contribution in [-0.4, -0.2) is 7.11 Å². The summed E-state index contributed by atoms with van der Waals surface area (Å²) < 4.78 is 5.22. The van der Waals surface area contributed by atoms with Gasteiger partial charge in [0.25, 0.3) is 0 Å². The molecule has 0 aliphatic carbocycles. The quantitative estimate of drug-likeness (QED) is 0.695. The van der Waals surface area contributed by atoms with E-state index in [1.54, 1.807) is 7.11 Å². The first-order valence-corrected chi connectivity index (χ1v) is 6.63. The molecule has 2 N–H and O–H groups in total. The molecule has 0 fully saturated rings. The summed E-state index contributed by atoms with van der Waals surface area (Å²) in [5.74, 6) is 0.713. The summed E-state index contributed by atoms with van der Waals surface area (Å²) in [6.45, 7) is 2.13. The number of rotatable bonds is 2. The number of benzene rings is 3. The summed E-state index contributed by atoms with van der Waals surface area (Å²) in [6, 6.07) is 18.7. The average Bonchev–Trinajstić information content (AvgIpc) is 2.48. The van der Waals surface area contributed by atoms with E-state index in [-0.39, 0.29) is 0 Å². The van der Waals surface area contributed by atoms with Crippen LogP contribution in [0.5, 0.6) is 5.75 Å². The second-order valence-corrected chi connectivity index (χ2v) is 4.93. The lowest BCUT2D eigenvalue weighted by atomic mass is 9.95. The maximum atomic E-state index is 6.02. The predicted molar refractivity (Wildman–Crippen MR) is 85.1 cm³/mol. The second-order valence-electron chi connectivity index (χ2n) is 4.93. The Bertz CT molecular complexity index is 777. The standard InChI is InChI=1S/C18H17NO/c1-12-7-9-15(16-6-4-3-5-14(12)16)13-8-10-18(20-2)17(19)11-13/h3-11H,19H2,1-2H3. The van der Waals surface area contributed by atoms with Crippen molar-refractivity contribution in [3.05, 3.63) is 60.2 Å². The van der Waals surface area contributed by atoms with Gasteiger partial charge in [-0.05, 0) is 46.5 Å². The van der Waals surface area contributed by atoms with E-state index in [9.17, 15) is 0 Å². The van der Waals surface area contributed by atoms with Crippen molar-refractivity contribution in [2.24, 2.45) is 0 Å². The molecule has 0 radical (unpaired) electrons. The van der Waals surface area contributed by atoms with Crippen LogP contribution in [0, 0.1) is 6.92 Å². The van der Waals surface area contributed by atoms with Gasteiger partial charge in [-0.15, -0.1) is 0 Å². The molecule has 0 saturated heterocycles. The Morgan fingerprint density at radius 2 is 1.65 bits per heavy atom. The van der Waals surface area contributed by atoms with E-state index in [4.69, 9.17) is 10.5 Å². The number of ether oxygens (including phenoxy) is 1. The van der Waals surface area contributed by atoms with Gasteiger partial charge in [0.15, 0.2) is 0 Å². The van der Waals surface area contributed by atoms with Gasteiger partial charge in [-0.3, -0.25) is 0 Å². The fourth-order valence-electron chi connectivity index (χ4n) is 2.60. The number of fused-ring (bicyclic) bond motifs is 1. The normalized spacial score (nSPS) is 10.7. The van der Waals surface area contributed by atoms with Gasteiger partial charge in [0.05, 0.1) is 12.8 Å². The van der Waals surface area contributed by atoms with Crippen molar-refractivity contribution in [3.8, 4) is 16.9 Å². The molecule has 0 saturated carbocycles. The predicted octanol–water partition coefficient (Wildman–Crippen LogP) is 4.41. The molecule has 0 unspecified atom stereocenters. The first kappa shape index (κ1) is 12.5. The highest BCUT2D eigenvalue weighted by Gasteiger charge is 2.07. The van der Waals surface area contributed by atoms with Gasteiger partial charge < -0.3 is 10.5 Å². The van der Waals surface area contributed by atoms with Crippen LogP contribution in [0.4, 0.5) is 5.69 Å². The minimum atomic E-state index is 0.662. The van der Waals surface area contributed by atoms with E-state index in [0.29, 0.717) is 11.4 Å². The minimum absolute atomic E-state index is 0.662. The van der Waals surface area contributed by atoms with E-state index in [2.05, 4.69) is 43.3 Å². The molecule has 0 aliphatic heterocycles. The van der Waals surface area contributed by atoms with E-state index in [0.717, 1.165) is 5.56 Å². The molecule has 0 bridgehead atoms. The van der Waals surface area contributed by atoms with E-state index in [1.165, 1.54) is 21.9 Å². The fourth-order valence-corrected chi connectivity index (χ4v) is 2.60. The van der Waals surface area contributed by atoms with Crippen molar-refractivity contribution < 1.29 is 4.74 Å². The van der Waals surface area contributed by atoms with Crippen LogP contribution >= 0.6 is 0 Å². The first-order chi connectivity index (χ1) is 9.70. The van der Waals surface area contributed by atoms with E-state index in [1.807, 2.05) is 18.2 Å². The summed E-state index contributed by atoms with van der Waals surface area (Å²) in [7, 11) is 1.63. The van der Waals surface area contributed by atoms with Crippen molar-refractivity contribution in [1.29, 1.82) is 0 Å². The molecule has 20 heavy (non-hydrogen) atoms. The van der Waals surface area contributed by atoms with Gasteiger partial charge in [-0.25, -0.2) is 0 Å².